The number of carbonyl (C=O) groups excluding carboxylic acids is 1. The van der Waals surface area contributed by atoms with Crippen LogP contribution in [0.15, 0.2) is 42.5 Å². The van der Waals surface area contributed by atoms with Gasteiger partial charge in [-0.1, -0.05) is 42.5 Å². The zero-order valence-corrected chi connectivity index (χ0v) is 16.4. The minimum absolute atomic E-state index is 0.281. The van der Waals surface area contributed by atoms with E-state index in [4.69, 9.17) is 0 Å². The van der Waals surface area contributed by atoms with Crippen LogP contribution in [-0.2, 0) is 4.79 Å². The molecule has 3 fully saturated rings. The Morgan fingerprint density at radius 1 is 0.964 bits per heavy atom. The normalized spacial score (nSPS) is 28.4. The molecule has 148 valence electrons. The van der Waals surface area contributed by atoms with Crippen LogP contribution in [0.4, 0.5) is 0 Å². The third kappa shape index (κ3) is 3.43. The Labute approximate surface area is 167 Å². The number of likely N-dealkylation sites (tertiary alicyclic amines) is 2. The zero-order valence-electron chi connectivity index (χ0n) is 16.4. The molecular formula is C23H30N4O. The number of fused-ring (bicyclic) bond motifs is 2. The highest BCUT2D eigenvalue weighted by Crippen LogP contribution is 2.36. The predicted octanol–water partition coefficient (Wildman–Crippen LogP) is 2.69. The summed E-state index contributed by atoms with van der Waals surface area (Å²) in [5, 5.41) is 2.62. The van der Waals surface area contributed by atoms with Crippen molar-refractivity contribution in [1.82, 2.24) is 20.7 Å². The summed E-state index contributed by atoms with van der Waals surface area (Å²) >= 11 is 0. The van der Waals surface area contributed by atoms with E-state index in [0.717, 1.165) is 45.4 Å². The average Bonchev–Trinajstić information content (AvgIpc) is 3.17. The fourth-order valence-electron chi connectivity index (χ4n) is 5.28. The first-order valence-electron chi connectivity index (χ1n) is 10.8. The first kappa shape index (κ1) is 18.1. The monoisotopic (exact) mass is 378 g/mol. The lowest BCUT2D eigenvalue weighted by Gasteiger charge is -2.37. The number of hydrogen-bond donors (Lipinski definition) is 2. The molecule has 3 aliphatic heterocycles. The molecule has 0 spiro atoms. The number of benzene rings is 2. The summed E-state index contributed by atoms with van der Waals surface area (Å²) in [6, 6.07) is 16.0. The summed E-state index contributed by atoms with van der Waals surface area (Å²) < 4.78 is 0. The van der Waals surface area contributed by atoms with E-state index in [2.05, 4.69) is 63.1 Å². The number of nitrogens with one attached hydrogen (secondary N) is 2. The molecule has 3 atom stereocenters. The van der Waals surface area contributed by atoms with Crippen molar-refractivity contribution in [2.45, 2.75) is 37.8 Å². The average molecular weight is 379 g/mol. The molecule has 5 rings (SSSR count). The molecule has 0 saturated carbocycles. The van der Waals surface area contributed by atoms with Crippen LogP contribution in [0.3, 0.4) is 0 Å². The molecule has 3 aliphatic rings. The van der Waals surface area contributed by atoms with Crippen LogP contribution in [0.2, 0.25) is 0 Å². The van der Waals surface area contributed by atoms with Crippen LogP contribution in [0.5, 0.6) is 0 Å². The predicted molar refractivity (Wildman–Crippen MR) is 112 cm³/mol. The number of piperidine rings is 2. The molecule has 3 heterocycles. The molecule has 5 heteroatoms. The Hall–Kier alpha value is -1.95. The maximum atomic E-state index is 12.7. The first-order valence-corrected chi connectivity index (χ1v) is 10.8. The van der Waals surface area contributed by atoms with Crippen LogP contribution < -0.4 is 10.9 Å². The van der Waals surface area contributed by atoms with Crippen LogP contribution in [0, 0.1) is 5.92 Å². The van der Waals surface area contributed by atoms with Crippen molar-refractivity contribution in [2.24, 2.45) is 5.92 Å². The zero-order chi connectivity index (χ0) is 18.9. The van der Waals surface area contributed by atoms with Gasteiger partial charge in [-0.25, -0.2) is 5.43 Å². The van der Waals surface area contributed by atoms with E-state index in [1.807, 2.05) is 0 Å². The maximum absolute atomic E-state index is 12.7. The van der Waals surface area contributed by atoms with E-state index in [-0.39, 0.29) is 6.04 Å². The van der Waals surface area contributed by atoms with Gasteiger partial charge >= 0.3 is 0 Å². The van der Waals surface area contributed by atoms with E-state index in [0.29, 0.717) is 24.4 Å². The smallest absolute Gasteiger partial charge is 0.236 e. The van der Waals surface area contributed by atoms with Gasteiger partial charge in [-0.2, -0.15) is 0 Å². The van der Waals surface area contributed by atoms with Crippen molar-refractivity contribution in [1.29, 1.82) is 0 Å². The molecule has 3 saturated heterocycles. The lowest BCUT2D eigenvalue weighted by molar-refractivity contribution is -0.133. The van der Waals surface area contributed by atoms with Gasteiger partial charge in [0.05, 0.1) is 12.6 Å². The van der Waals surface area contributed by atoms with Gasteiger partial charge in [-0.3, -0.25) is 15.1 Å². The minimum Gasteiger partial charge on any atom is -0.342 e. The van der Waals surface area contributed by atoms with Crippen molar-refractivity contribution in [2.75, 3.05) is 32.7 Å². The molecule has 28 heavy (non-hydrogen) atoms. The molecule has 5 nitrogen and oxygen atoms in total. The van der Waals surface area contributed by atoms with E-state index in [1.165, 1.54) is 22.8 Å². The Kier molecular flexibility index (Phi) is 5.05. The van der Waals surface area contributed by atoms with Gasteiger partial charge in [0.1, 0.15) is 0 Å². The van der Waals surface area contributed by atoms with Crippen molar-refractivity contribution < 1.29 is 4.79 Å². The largest absolute Gasteiger partial charge is 0.342 e. The number of rotatable bonds is 3. The van der Waals surface area contributed by atoms with Crippen LogP contribution >= 0.6 is 0 Å². The van der Waals surface area contributed by atoms with Gasteiger partial charge < -0.3 is 4.90 Å². The summed E-state index contributed by atoms with van der Waals surface area (Å²) in [5.74, 6) is 0.799. The fraction of sp³-hybridized carbons (Fsp3) is 0.522. The Morgan fingerprint density at radius 3 is 2.68 bits per heavy atom. The van der Waals surface area contributed by atoms with Gasteiger partial charge in [0, 0.05) is 38.1 Å². The lowest BCUT2D eigenvalue weighted by atomic mass is 9.83. The SMILES string of the molecule is O=C(CN1CCC2NNC(c3cccc4ccccc34)C2C1)N1CCCCC1. The first-order chi connectivity index (χ1) is 13.8. The van der Waals surface area contributed by atoms with Crippen LogP contribution in [-0.4, -0.2) is 54.5 Å². The Balaban J connectivity index is 1.32. The highest BCUT2D eigenvalue weighted by Gasteiger charge is 2.41. The Bertz CT molecular complexity index is 842. The van der Waals surface area contributed by atoms with Gasteiger partial charge in [-0.05, 0) is 42.0 Å². The molecule has 0 aromatic heterocycles. The third-order valence-electron chi connectivity index (χ3n) is 6.82. The molecular weight excluding hydrogens is 348 g/mol. The molecule has 0 aliphatic carbocycles. The van der Waals surface area contributed by atoms with Gasteiger partial charge in [0.25, 0.3) is 0 Å². The topological polar surface area (TPSA) is 47.6 Å². The Morgan fingerprint density at radius 2 is 1.79 bits per heavy atom. The second-order valence-corrected chi connectivity index (χ2v) is 8.57. The van der Waals surface area contributed by atoms with Crippen LogP contribution in [0.25, 0.3) is 10.8 Å². The number of amides is 1. The molecule has 2 aromatic rings. The summed E-state index contributed by atoms with van der Waals surface area (Å²) in [6.45, 7) is 4.43. The van der Waals surface area contributed by atoms with Gasteiger partial charge in [-0.15, -0.1) is 0 Å². The number of nitrogens with zero attached hydrogens (tertiary/aromatic N) is 2. The second-order valence-electron chi connectivity index (χ2n) is 8.57. The quantitative estimate of drug-likeness (QED) is 0.862. The molecule has 2 aromatic carbocycles. The number of hydrazine groups is 1. The van der Waals surface area contributed by atoms with Crippen molar-refractivity contribution in [3.8, 4) is 0 Å². The van der Waals surface area contributed by atoms with Crippen molar-refractivity contribution in [3.63, 3.8) is 0 Å². The van der Waals surface area contributed by atoms with Gasteiger partial charge in [0.2, 0.25) is 5.91 Å². The summed E-state index contributed by atoms with van der Waals surface area (Å²) in [6.07, 6.45) is 4.67. The number of hydrogen-bond acceptors (Lipinski definition) is 4. The van der Waals surface area contributed by atoms with Crippen molar-refractivity contribution >= 4 is 16.7 Å². The summed E-state index contributed by atoms with van der Waals surface area (Å²) in [5.41, 5.74) is 8.47. The summed E-state index contributed by atoms with van der Waals surface area (Å²) in [7, 11) is 0. The third-order valence-corrected chi connectivity index (χ3v) is 6.82. The van der Waals surface area contributed by atoms with E-state index >= 15 is 0 Å². The van der Waals surface area contributed by atoms with E-state index < -0.39 is 0 Å². The molecule has 1 amide bonds. The van der Waals surface area contributed by atoms with Crippen LogP contribution in [0.1, 0.15) is 37.3 Å². The fourth-order valence-corrected chi connectivity index (χ4v) is 5.28. The number of carbonyl (C=O) groups is 1. The molecule has 0 bridgehead atoms. The molecule has 0 radical (unpaired) electrons. The highest BCUT2D eigenvalue weighted by molar-refractivity contribution is 5.86. The highest BCUT2D eigenvalue weighted by atomic mass is 16.2. The van der Waals surface area contributed by atoms with Gasteiger partial charge in [0.15, 0.2) is 0 Å². The van der Waals surface area contributed by atoms with E-state index in [1.54, 1.807) is 0 Å². The molecule has 3 unspecified atom stereocenters. The molecule has 2 N–H and O–H groups in total. The lowest BCUT2D eigenvalue weighted by Crippen LogP contribution is -2.50. The maximum Gasteiger partial charge on any atom is 0.236 e. The standard InChI is InChI=1S/C23H30N4O/c28-22(27-12-4-1-5-13-27)16-26-14-11-21-20(15-26)23(25-24-21)19-10-6-8-17-7-2-3-9-18(17)19/h2-3,6-10,20-21,23-25H,1,4-5,11-16H2. The summed E-state index contributed by atoms with van der Waals surface area (Å²) in [4.78, 5) is 17.2. The second kappa shape index (κ2) is 7.82. The minimum atomic E-state index is 0.281. The van der Waals surface area contributed by atoms with Crippen molar-refractivity contribution in [3.05, 3.63) is 48.0 Å². The van der Waals surface area contributed by atoms with E-state index in [9.17, 15) is 4.79 Å².